The molecule has 2 aromatic carbocycles. The molecule has 1 aromatic heterocycles. The van der Waals surface area contributed by atoms with Crippen LogP contribution in [0, 0.1) is 0 Å². The third-order valence-corrected chi connectivity index (χ3v) is 3.58. The number of rotatable bonds is 4. The second kappa shape index (κ2) is 5.85. The van der Waals surface area contributed by atoms with E-state index in [0.29, 0.717) is 6.42 Å². The summed E-state index contributed by atoms with van der Waals surface area (Å²) in [7, 11) is 0. The van der Waals surface area contributed by atoms with Crippen LogP contribution in [0.4, 0.5) is 0 Å². The highest BCUT2D eigenvalue weighted by atomic mass is 16.3. The van der Waals surface area contributed by atoms with Gasteiger partial charge in [-0.15, -0.1) is 0 Å². The zero-order chi connectivity index (χ0) is 13.8. The maximum atomic E-state index is 10.5. The van der Waals surface area contributed by atoms with Crippen LogP contribution >= 0.6 is 0 Å². The summed E-state index contributed by atoms with van der Waals surface area (Å²) in [6.45, 7) is 0. The zero-order valence-corrected chi connectivity index (χ0v) is 11.2. The van der Waals surface area contributed by atoms with E-state index in [0.717, 1.165) is 23.1 Å². The van der Waals surface area contributed by atoms with E-state index < -0.39 is 6.10 Å². The molecule has 0 amide bonds. The van der Waals surface area contributed by atoms with Crippen molar-refractivity contribution >= 4 is 10.8 Å². The zero-order valence-electron chi connectivity index (χ0n) is 11.2. The summed E-state index contributed by atoms with van der Waals surface area (Å²) in [6.07, 6.45) is 2.80. The van der Waals surface area contributed by atoms with Crippen molar-refractivity contribution in [2.75, 3.05) is 0 Å². The Balaban J connectivity index is 1.80. The summed E-state index contributed by atoms with van der Waals surface area (Å²) in [6, 6.07) is 20.1. The van der Waals surface area contributed by atoms with Crippen molar-refractivity contribution < 1.29 is 5.11 Å². The van der Waals surface area contributed by atoms with Crippen LogP contribution in [0.3, 0.4) is 0 Å². The van der Waals surface area contributed by atoms with Crippen LogP contribution in [-0.4, -0.2) is 10.1 Å². The Kier molecular flexibility index (Phi) is 3.75. The predicted molar refractivity (Wildman–Crippen MR) is 81.5 cm³/mol. The van der Waals surface area contributed by atoms with Crippen molar-refractivity contribution in [1.82, 2.24) is 4.98 Å². The normalized spacial score (nSPS) is 12.4. The summed E-state index contributed by atoms with van der Waals surface area (Å²) in [5.41, 5.74) is 2.02. The molecule has 1 atom stereocenters. The molecule has 0 radical (unpaired) electrons. The Morgan fingerprint density at radius 3 is 2.55 bits per heavy atom. The van der Waals surface area contributed by atoms with Crippen LogP contribution < -0.4 is 0 Å². The maximum Gasteiger partial charge on any atom is 0.0799 e. The van der Waals surface area contributed by atoms with Gasteiger partial charge in [-0.1, -0.05) is 48.5 Å². The van der Waals surface area contributed by atoms with Crippen LogP contribution in [0.15, 0.2) is 66.9 Å². The molecular weight excluding hydrogens is 246 g/mol. The third-order valence-electron chi connectivity index (χ3n) is 3.58. The Labute approximate surface area is 118 Å². The van der Waals surface area contributed by atoms with Gasteiger partial charge in [0, 0.05) is 11.9 Å². The predicted octanol–water partition coefficient (Wildman–Crippen LogP) is 3.90. The second-order valence-corrected chi connectivity index (χ2v) is 4.94. The lowest BCUT2D eigenvalue weighted by molar-refractivity contribution is 0.169. The molecular formula is C18H17NO. The van der Waals surface area contributed by atoms with Gasteiger partial charge in [0.05, 0.1) is 6.10 Å². The van der Waals surface area contributed by atoms with Crippen molar-refractivity contribution in [3.8, 4) is 0 Å². The summed E-state index contributed by atoms with van der Waals surface area (Å²) >= 11 is 0. The van der Waals surface area contributed by atoms with Gasteiger partial charge in [0.25, 0.3) is 0 Å². The Morgan fingerprint density at radius 2 is 1.70 bits per heavy atom. The van der Waals surface area contributed by atoms with Crippen molar-refractivity contribution in [3.05, 3.63) is 78.1 Å². The van der Waals surface area contributed by atoms with Gasteiger partial charge in [-0.3, -0.25) is 4.98 Å². The largest absolute Gasteiger partial charge is 0.388 e. The highest BCUT2D eigenvalue weighted by Crippen LogP contribution is 2.26. The van der Waals surface area contributed by atoms with E-state index in [2.05, 4.69) is 23.2 Å². The molecule has 20 heavy (non-hydrogen) atoms. The molecule has 100 valence electrons. The molecule has 0 aliphatic carbocycles. The van der Waals surface area contributed by atoms with E-state index >= 15 is 0 Å². The molecule has 0 bridgehead atoms. The van der Waals surface area contributed by atoms with Gasteiger partial charge in [0.2, 0.25) is 0 Å². The van der Waals surface area contributed by atoms with Crippen LogP contribution in [0.25, 0.3) is 10.8 Å². The number of aryl methyl sites for hydroxylation is 1. The Bertz CT molecular complexity index is 689. The van der Waals surface area contributed by atoms with E-state index in [1.165, 1.54) is 5.39 Å². The van der Waals surface area contributed by atoms with Crippen LogP contribution in [-0.2, 0) is 6.42 Å². The van der Waals surface area contributed by atoms with Gasteiger partial charge >= 0.3 is 0 Å². The number of aliphatic hydroxyl groups excluding tert-OH is 1. The summed E-state index contributed by atoms with van der Waals surface area (Å²) in [5.74, 6) is 0. The summed E-state index contributed by atoms with van der Waals surface area (Å²) < 4.78 is 0. The average molecular weight is 263 g/mol. The first-order valence-corrected chi connectivity index (χ1v) is 6.90. The first-order valence-electron chi connectivity index (χ1n) is 6.90. The molecule has 3 rings (SSSR count). The second-order valence-electron chi connectivity index (χ2n) is 4.94. The number of hydrogen-bond donors (Lipinski definition) is 1. The van der Waals surface area contributed by atoms with E-state index in [1.54, 1.807) is 6.20 Å². The average Bonchev–Trinajstić information content (AvgIpc) is 2.53. The highest BCUT2D eigenvalue weighted by molar-refractivity contribution is 5.85. The molecule has 0 saturated carbocycles. The van der Waals surface area contributed by atoms with Crippen molar-refractivity contribution in [3.63, 3.8) is 0 Å². The van der Waals surface area contributed by atoms with Gasteiger partial charge in [0.15, 0.2) is 0 Å². The number of nitrogens with zero attached hydrogens (tertiary/aromatic N) is 1. The number of hydrogen-bond acceptors (Lipinski definition) is 2. The topological polar surface area (TPSA) is 33.1 Å². The SMILES string of the molecule is O[C@H](CCc1ccccn1)c1cccc2ccccc12. The lowest BCUT2D eigenvalue weighted by Gasteiger charge is -2.13. The fraction of sp³-hybridized carbons (Fsp3) is 0.167. The smallest absolute Gasteiger partial charge is 0.0799 e. The quantitative estimate of drug-likeness (QED) is 0.774. The van der Waals surface area contributed by atoms with Gasteiger partial charge in [-0.05, 0) is 41.3 Å². The minimum absolute atomic E-state index is 0.455. The molecule has 0 spiro atoms. The first-order chi connectivity index (χ1) is 9.84. The van der Waals surface area contributed by atoms with Crippen molar-refractivity contribution in [2.24, 2.45) is 0 Å². The Morgan fingerprint density at radius 1 is 0.900 bits per heavy atom. The lowest BCUT2D eigenvalue weighted by atomic mass is 9.97. The summed E-state index contributed by atoms with van der Waals surface area (Å²) in [5, 5.41) is 12.7. The molecule has 0 saturated heterocycles. The molecule has 0 aliphatic rings. The standard InChI is InChI=1S/C18H17NO/c20-18(12-11-15-8-3-4-13-19-15)17-10-5-7-14-6-1-2-9-16(14)17/h1-10,13,18,20H,11-12H2/t18-/m1/s1. The minimum Gasteiger partial charge on any atom is -0.388 e. The molecule has 1 N–H and O–H groups in total. The van der Waals surface area contributed by atoms with Crippen LogP contribution in [0.2, 0.25) is 0 Å². The van der Waals surface area contributed by atoms with Gasteiger partial charge in [-0.25, -0.2) is 0 Å². The van der Waals surface area contributed by atoms with Crippen LogP contribution in [0.5, 0.6) is 0 Å². The first kappa shape index (κ1) is 12.8. The van der Waals surface area contributed by atoms with Crippen molar-refractivity contribution in [2.45, 2.75) is 18.9 Å². The monoisotopic (exact) mass is 263 g/mol. The van der Waals surface area contributed by atoms with Gasteiger partial charge in [-0.2, -0.15) is 0 Å². The summed E-state index contributed by atoms with van der Waals surface area (Å²) in [4.78, 5) is 4.30. The minimum atomic E-state index is -0.455. The fourth-order valence-corrected chi connectivity index (χ4v) is 2.53. The molecule has 2 heteroatoms. The Hall–Kier alpha value is -2.19. The van der Waals surface area contributed by atoms with Crippen molar-refractivity contribution in [1.29, 1.82) is 0 Å². The van der Waals surface area contributed by atoms with E-state index in [1.807, 2.05) is 42.5 Å². The number of benzene rings is 2. The molecule has 0 unspecified atom stereocenters. The number of aromatic nitrogens is 1. The third kappa shape index (κ3) is 2.70. The van der Waals surface area contributed by atoms with Gasteiger partial charge in [0.1, 0.15) is 0 Å². The van der Waals surface area contributed by atoms with E-state index in [-0.39, 0.29) is 0 Å². The number of fused-ring (bicyclic) bond motifs is 1. The fourth-order valence-electron chi connectivity index (χ4n) is 2.53. The van der Waals surface area contributed by atoms with Crippen LogP contribution in [0.1, 0.15) is 23.8 Å². The number of pyridine rings is 1. The molecule has 0 aliphatic heterocycles. The maximum absolute atomic E-state index is 10.5. The highest BCUT2D eigenvalue weighted by Gasteiger charge is 2.11. The van der Waals surface area contributed by atoms with Gasteiger partial charge < -0.3 is 5.11 Å². The molecule has 0 fully saturated rings. The molecule has 1 heterocycles. The lowest BCUT2D eigenvalue weighted by Crippen LogP contribution is -2.01. The molecule has 3 aromatic rings. The number of aliphatic hydroxyl groups is 1. The van der Waals surface area contributed by atoms with E-state index in [9.17, 15) is 5.11 Å². The van der Waals surface area contributed by atoms with E-state index in [4.69, 9.17) is 0 Å². The molecule has 2 nitrogen and oxygen atoms in total.